The summed E-state index contributed by atoms with van der Waals surface area (Å²) < 4.78 is 5.57. The van der Waals surface area contributed by atoms with Crippen molar-refractivity contribution in [1.29, 1.82) is 0 Å². The lowest BCUT2D eigenvalue weighted by molar-refractivity contribution is 0.0696. The van der Waals surface area contributed by atoms with E-state index in [-0.39, 0.29) is 5.56 Å². The topological polar surface area (TPSA) is 88.5 Å². The van der Waals surface area contributed by atoms with Gasteiger partial charge >= 0.3 is 5.97 Å². The third kappa shape index (κ3) is 2.52. The van der Waals surface area contributed by atoms with E-state index in [0.29, 0.717) is 29.8 Å². The van der Waals surface area contributed by atoms with Crippen LogP contribution in [0.3, 0.4) is 0 Å². The number of fused-ring (bicyclic) bond motifs is 1. The normalized spacial score (nSPS) is 10.9. The maximum atomic E-state index is 11.3. The fourth-order valence-corrected chi connectivity index (χ4v) is 1.88. The number of para-hydroxylation sites is 1. The Morgan fingerprint density at radius 1 is 1.39 bits per heavy atom. The number of hydrogen-bond acceptors (Lipinski definition) is 4. The van der Waals surface area contributed by atoms with Crippen LogP contribution < -0.4 is 11.1 Å². The van der Waals surface area contributed by atoms with Crippen molar-refractivity contribution in [3.63, 3.8) is 0 Å². The summed E-state index contributed by atoms with van der Waals surface area (Å²) in [5, 5.41) is 13.0. The summed E-state index contributed by atoms with van der Waals surface area (Å²) >= 11 is 0. The van der Waals surface area contributed by atoms with E-state index in [9.17, 15) is 9.90 Å². The molecule has 0 unspecified atom stereocenters. The van der Waals surface area contributed by atoms with Gasteiger partial charge in [-0.3, -0.25) is 0 Å². The van der Waals surface area contributed by atoms with Crippen molar-refractivity contribution in [2.24, 2.45) is 5.73 Å². The van der Waals surface area contributed by atoms with Crippen molar-refractivity contribution in [1.82, 2.24) is 5.32 Å². The second-order valence-electron chi connectivity index (χ2n) is 4.02. The predicted molar refractivity (Wildman–Crippen MR) is 68.6 cm³/mol. The third-order valence-corrected chi connectivity index (χ3v) is 2.73. The minimum Gasteiger partial charge on any atom is -0.478 e. The Morgan fingerprint density at radius 3 is 2.89 bits per heavy atom. The van der Waals surface area contributed by atoms with Gasteiger partial charge in [0.2, 0.25) is 0 Å². The molecule has 0 aliphatic carbocycles. The molecule has 5 nitrogen and oxygen atoms in total. The first-order valence-electron chi connectivity index (χ1n) is 5.88. The molecule has 96 valence electrons. The monoisotopic (exact) mass is 248 g/mol. The molecule has 1 heterocycles. The molecule has 5 heteroatoms. The number of hydrogen-bond donors (Lipinski definition) is 3. The van der Waals surface area contributed by atoms with E-state index in [4.69, 9.17) is 10.2 Å². The number of nitrogens with two attached hydrogens (primary N) is 1. The van der Waals surface area contributed by atoms with Gasteiger partial charge in [0, 0.05) is 5.39 Å². The van der Waals surface area contributed by atoms with Gasteiger partial charge in [-0.15, -0.1) is 0 Å². The van der Waals surface area contributed by atoms with Crippen LogP contribution in [0.25, 0.3) is 11.0 Å². The minimum absolute atomic E-state index is 0.242. The molecule has 18 heavy (non-hydrogen) atoms. The van der Waals surface area contributed by atoms with Crippen LogP contribution in [0.2, 0.25) is 0 Å². The lowest BCUT2D eigenvalue weighted by atomic mass is 10.1. The second kappa shape index (κ2) is 5.66. The van der Waals surface area contributed by atoms with Gasteiger partial charge in [0.1, 0.15) is 16.9 Å². The summed E-state index contributed by atoms with van der Waals surface area (Å²) in [6, 6.07) is 7.15. The molecule has 0 radical (unpaired) electrons. The molecule has 0 atom stereocenters. The first-order valence-corrected chi connectivity index (χ1v) is 5.88. The highest BCUT2D eigenvalue weighted by Gasteiger charge is 2.19. The quantitative estimate of drug-likeness (QED) is 0.675. The molecule has 0 bridgehead atoms. The van der Waals surface area contributed by atoms with Crippen LogP contribution in [0.5, 0.6) is 0 Å². The van der Waals surface area contributed by atoms with Crippen molar-refractivity contribution >= 4 is 16.9 Å². The Morgan fingerprint density at radius 2 is 2.17 bits per heavy atom. The molecule has 0 saturated heterocycles. The van der Waals surface area contributed by atoms with Crippen molar-refractivity contribution < 1.29 is 14.3 Å². The van der Waals surface area contributed by atoms with Crippen LogP contribution in [0.15, 0.2) is 28.7 Å². The van der Waals surface area contributed by atoms with Crippen LogP contribution >= 0.6 is 0 Å². The van der Waals surface area contributed by atoms with Gasteiger partial charge in [-0.1, -0.05) is 18.2 Å². The Bertz CT molecular complexity index is 548. The molecule has 0 fully saturated rings. The lowest BCUT2D eigenvalue weighted by Crippen LogP contribution is -2.18. The highest BCUT2D eigenvalue weighted by atomic mass is 16.4. The average molecular weight is 248 g/mol. The van der Waals surface area contributed by atoms with Crippen molar-refractivity contribution in [2.45, 2.75) is 13.0 Å². The Kier molecular flexibility index (Phi) is 3.96. The zero-order valence-electron chi connectivity index (χ0n) is 9.98. The second-order valence-corrected chi connectivity index (χ2v) is 4.02. The number of carbonyl (C=O) groups is 1. The van der Waals surface area contributed by atoms with Gasteiger partial charge in [0.15, 0.2) is 0 Å². The summed E-state index contributed by atoms with van der Waals surface area (Å²) in [5.74, 6) is -0.503. The van der Waals surface area contributed by atoms with Crippen LogP contribution in [-0.2, 0) is 6.54 Å². The molecule has 2 aromatic rings. The molecule has 0 amide bonds. The maximum absolute atomic E-state index is 11.3. The zero-order valence-corrected chi connectivity index (χ0v) is 9.98. The molecule has 0 aliphatic heterocycles. The largest absolute Gasteiger partial charge is 0.478 e. The van der Waals surface area contributed by atoms with E-state index >= 15 is 0 Å². The third-order valence-electron chi connectivity index (χ3n) is 2.73. The number of furan rings is 1. The van der Waals surface area contributed by atoms with Gasteiger partial charge in [-0.2, -0.15) is 0 Å². The van der Waals surface area contributed by atoms with E-state index in [1.807, 2.05) is 6.07 Å². The molecular formula is C13H16N2O3. The van der Waals surface area contributed by atoms with E-state index in [1.54, 1.807) is 18.2 Å². The Balaban J connectivity index is 2.25. The number of carboxylic acid groups (broad SMARTS) is 1. The van der Waals surface area contributed by atoms with Gasteiger partial charge < -0.3 is 20.6 Å². The van der Waals surface area contributed by atoms with Crippen molar-refractivity contribution in [2.75, 3.05) is 13.1 Å². The average Bonchev–Trinajstić information content (AvgIpc) is 2.73. The van der Waals surface area contributed by atoms with Crippen LogP contribution in [-0.4, -0.2) is 24.2 Å². The van der Waals surface area contributed by atoms with Crippen LogP contribution in [0.4, 0.5) is 0 Å². The number of aromatic carboxylic acids is 1. The number of rotatable bonds is 6. The zero-order chi connectivity index (χ0) is 13.0. The fourth-order valence-electron chi connectivity index (χ4n) is 1.88. The number of nitrogens with one attached hydrogen (secondary N) is 1. The summed E-state index contributed by atoms with van der Waals surface area (Å²) in [7, 11) is 0. The van der Waals surface area contributed by atoms with Crippen LogP contribution in [0.1, 0.15) is 22.5 Å². The molecule has 2 rings (SSSR count). The first kappa shape index (κ1) is 12.6. The lowest BCUT2D eigenvalue weighted by Gasteiger charge is -2.01. The fraction of sp³-hybridized carbons (Fsp3) is 0.308. The molecular weight excluding hydrogens is 232 g/mol. The van der Waals surface area contributed by atoms with Crippen LogP contribution in [0, 0.1) is 0 Å². The Labute approximate surface area is 105 Å². The summed E-state index contributed by atoms with van der Waals surface area (Å²) in [6.07, 6.45) is 0.850. The number of benzene rings is 1. The van der Waals surface area contributed by atoms with E-state index in [1.165, 1.54) is 0 Å². The molecule has 1 aromatic carbocycles. The SMILES string of the molecule is NCCCNCc1oc2ccccc2c1C(=O)O. The maximum Gasteiger partial charge on any atom is 0.339 e. The highest BCUT2D eigenvalue weighted by Crippen LogP contribution is 2.25. The molecule has 0 saturated carbocycles. The summed E-state index contributed by atoms with van der Waals surface area (Å²) in [6.45, 7) is 1.75. The molecule has 0 aliphatic rings. The predicted octanol–water partition coefficient (Wildman–Crippen LogP) is 1.57. The molecule has 1 aromatic heterocycles. The molecule has 4 N–H and O–H groups in total. The number of carboxylic acids is 1. The first-order chi connectivity index (χ1) is 8.74. The van der Waals surface area contributed by atoms with Gasteiger partial charge in [-0.05, 0) is 25.6 Å². The van der Waals surface area contributed by atoms with Gasteiger partial charge in [-0.25, -0.2) is 4.79 Å². The van der Waals surface area contributed by atoms with Crippen molar-refractivity contribution in [3.8, 4) is 0 Å². The standard InChI is InChI=1S/C13H16N2O3/c14-6-3-7-15-8-11-12(13(16)17)9-4-1-2-5-10(9)18-11/h1-2,4-5,15H,3,6-8,14H2,(H,16,17). The van der Waals surface area contributed by atoms with Gasteiger partial charge in [0.25, 0.3) is 0 Å². The summed E-state index contributed by atoms with van der Waals surface area (Å²) in [4.78, 5) is 11.3. The minimum atomic E-state index is -0.962. The van der Waals surface area contributed by atoms with Crippen molar-refractivity contribution in [3.05, 3.63) is 35.6 Å². The summed E-state index contributed by atoms with van der Waals surface area (Å²) in [5.41, 5.74) is 6.23. The highest BCUT2D eigenvalue weighted by molar-refractivity contribution is 6.03. The van der Waals surface area contributed by atoms with E-state index in [2.05, 4.69) is 5.32 Å². The Hall–Kier alpha value is -1.85. The smallest absolute Gasteiger partial charge is 0.339 e. The van der Waals surface area contributed by atoms with E-state index < -0.39 is 5.97 Å². The molecule has 0 spiro atoms. The van der Waals surface area contributed by atoms with Gasteiger partial charge in [0.05, 0.1) is 6.54 Å². The van der Waals surface area contributed by atoms with E-state index in [0.717, 1.165) is 13.0 Å².